The highest BCUT2D eigenvalue weighted by Gasteiger charge is 2.21. The molecule has 1 aliphatic heterocycles. The zero-order valence-corrected chi connectivity index (χ0v) is 20.1. The lowest BCUT2D eigenvalue weighted by Crippen LogP contribution is -2.38. The summed E-state index contributed by atoms with van der Waals surface area (Å²) < 4.78 is 10.7. The number of para-hydroxylation sites is 1. The van der Waals surface area contributed by atoms with E-state index in [9.17, 15) is 4.79 Å². The maximum atomic E-state index is 12.3. The summed E-state index contributed by atoms with van der Waals surface area (Å²) in [6, 6.07) is 9.94. The van der Waals surface area contributed by atoms with Gasteiger partial charge in [0, 0.05) is 49.2 Å². The van der Waals surface area contributed by atoms with Gasteiger partial charge in [-0.3, -0.25) is 9.78 Å². The molecule has 0 saturated carbocycles. The van der Waals surface area contributed by atoms with E-state index < -0.39 is 0 Å². The lowest BCUT2D eigenvalue weighted by Gasteiger charge is -2.25. The minimum Gasteiger partial charge on any atom is -0.455 e. The van der Waals surface area contributed by atoms with E-state index in [-0.39, 0.29) is 17.9 Å². The molecule has 0 spiro atoms. The van der Waals surface area contributed by atoms with Crippen LogP contribution in [-0.2, 0) is 4.74 Å². The second kappa shape index (κ2) is 10.6. The van der Waals surface area contributed by atoms with Crippen LogP contribution in [0.5, 0.6) is 6.01 Å². The zero-order valence-electron chi connectivity index (χ0n) is 20.1. The molecule has 2 N–H and O–H groups in total. The van der Waals surface area contributed by atoms with Crippen LogP contribution < -0.4 is 15.4 Å². The summed E-state index contributed by atoms with van der Waals surface area (Å²) in [6.45, 7) is 4.00. The first-order valence-corrected chi connectivity index (χ1v) is 11.8. The van der Waals surface area contributed by atoms with Crippen molar-refractivity contribution in [3.05, 3.63) is 66.4 Å². The van der Waals surface area contributed by atoms with Gasteiger partial charge in [0.05, 0.1) is 30.0 Å². The highest BCUT2D eigenvalue weighted by Crippen LogP contribution is 2.28. The molecule has 0 bridgehead atoms. The van der Waals surface area contributed by atoms with Crippen molar-refractivity contribution in [2.75, 3.05) is 32.1 Å². The van der Waals surface area contributed by atoms with Gasteiger partial charge in [-0.1, -0.05) is 25.1 Å². The second-order valence-corrected chi connectivity index (χ2v) is 8.62. The summed E-state index contributed by atoms with van der Waals surface area (Å²) in [7, 11) is 1.63. The van der Waals surface area contributed by atoms with Crippen LogP contribution >= 0.6 is 0 Å². The number of ether oxygens (including phenoxy) is 2. The minimum absolute atomic E-state index is 0.0237. The molecule has 1 saturated heterocycles. The first-order chi connectivity index (χ1) is 17.6. The molecule has 1 aliphatic rings. The second-order valence-electron chi connectivity index (χ2n) is 8.62. The van der Waals surface area contributed by atoms with Crippen LogP contribution in [0, 0.1) is 0 Å². The monoisotopic (exact) mass is 485 g/mol. The Morgan fingerprint density at radius 2 is 1.97 bits per heavy atom. The number of hydrogen-bond donors (Lipinski definition) is 2. The Kier molecular flexibility index (Phi) is 6.94. The number of carbonyl (C=O) groups excluding carboxylic acids is 1. The maximum Gasteiger partial charge on any atom is 0.316 e. The average Bonchev–Trinajstić information content (AvgIpc) is 2.90. The summed E-state index contributed by atoms with van der Waals surface area (Å²) in [5.74, 6) is 0.822. The predicted molar refractivity (Wildman–Crippen MR) is 135 cm³/mol. The molecule has 1 unspecified atom stereocenters. The topological polar surface area (TPSA) is 124 Å². The van der Waals surface area contributed by atoms with E-state index in [0.29, 0.717) is 31.3 Å². The van der Waals surface area contributed by atoms with Crippen molar-refractivity contribution in [3.63, 3.8) is 0 Å². The van der Waals surface area contributed by atoms with Gasteiger partial charge in [-0.2, -0.15) is 0 Å². The summed E-state index contributed by atoms with van der Waals surface area (Å²) >= 11 is 0. The Balaban J connectivity index is 1.23. The molecule has 1 amide bonds. The Hall–Kier alpha value is -4.18. The predicted octanol–water partition coefficient (Wildman–Crippen LogP) is 3.22. The SMILES string of the molecule is CNC(=O)c1ccnc2c(C(C)CCNc3cc(-c4cnc(OC5COC5)nc4)ncn3)cccc12. The van der Waals surface area contributed by atoms with Crippen LogP contribution in [0.3, 0.4) is 0 Å². The third kappa shape index (κ3) is 5.08. The van der Waals surface area contributed by atoms with E-state index in [2.05, 4.69) is 48.5 Å². The number of benzene rings is 1. The number of aromatic nitrogens is 5. The fraction of sp³-hybridized carbons (Fsp3) is 0.308. The van der Waals surface area contributed by atoms with Gasteiger partial charge in [-0.05, 0) is 24.0 Å². The first kappa shape index (κ1) is 23.6. The van der Waals surface area contributed by atoms with E-state index in [4.69, 9.17) is 9.47 Å². The Morgan fingerprint density at radius 3 is 2.72 bits per heavy atom. The summed E-state index contributed by atoms with van der Waals surface area (Å²) in [4.78, 5) is 34.1. The van der Waals surface area contributed by atoms with Crippen molar-refractivity contribution in [2.45, 2.75) is 25.4 Å². The number of fused-ring (bicyclic) bond motifs is 1. The number of amides is 1. The molecular formula is C26H27N7O3. The molecule has 1 aromatic carbocycles. The molecule has 4 aromatic rings. The first-order valence-electron chi connectivity index (χ1n) is 11.8. The van der Waals surface area contributed by atoms with Crippen molar-refractivity contribution >= 4 is 22.6 Å². The van der Waals surface area contributed by atoms with Gasteiger partial charge < -0.3 is 20.1 Å². The van der Waals surface area contributed by atoms with Crippen molar-refractivity contribution < 1.29 is 14.3 Å². The molecular weight excluding hydrogens is 458 g/mol. The van der Waals surface area contributed by atoms with Crippen molar-refractivity contribution in [2.24, 2.45) is 0 Å². The van der Waals surface area contributed by atoms with Crippen molar-refractivity contribution in [3.8, 4) is 17.3 Å². The van der Waals surface area contributed by atoms with Crippen LogP contribution in [-0.4, -0.2) is 63.7 Å². The van der Waals surface area contributed by atoms with E-state index in [1.807, 2.05) is 18.2 Å². The largest absolute Gasteiger partial charge is 0.455 e. The summed E-state index contributed by atoms with van der Waals surface area (Å²) in [5.41, 5.74) is 4.09. The molecule has 0 radical (unpaired) electrons. The molecule has 3 aromatic heterocycles. The number of pyridine rings is 1. The van der Waals surface area contributed by atoms with Crippen LogP contribution in [0.4, 0.5) is 5.82 Å². The van der Waals surface area contributed by atoms with Gasteiger partial charge in [0.1, 0.15) is 18.2 Å². The molecule has 0 aliphatic carbocycles. The van der Waals surface area contributed by atoms with E-state index in [0.717, 1.165) is 40.0 Å². The fourth-order valence-electron chi connectivity index (χ4n) is 4.05. The van der Waals surface area contributed by atoms with Crippen molar-refractivity contribution in [1.29, 1.82) is 0 Å². The lowest BCUT2D eigenvalue weighted by atomic mass is 9.94. The molecule has 1 atom stereocenters. The normalized spacial score (nSPS) is 14.2. The third-order valence-electron chi connectivity index (χ3n) is 6.16. The summed E-state index contributed by atoms with van der Waals surface area (Å²) in [6.07, 6.45) is 7.47. The summed E-state index contributed by atoms with van der Waals surface area (Å²) in [5, 5.41) is 6.93. The van der Waals surface area contributed by atoms with Gasteiger partial charge >= 0.3 is 6.01 Å². The standard InChI is InChI=1S/C26H27N7O3/c1-16(19-4-3-5-20-21(25(34)27-2)7-9-29-24(19)20)6-8-28-23-10-22(32-15-33-23)17-11-30-26(31-12-17)36-18-13-35-14-18/h3-5,7,9-12,15-16,18H,6,8,13-14H2,1-2H3,(H,27,34)(H,28,32,33). The molecule has 4 heterocycles. The number of nitrogens with one attached hydrogen (secondary N) is 2. The molecule has 36 heavy (non-hydrogen) atoms. The Morgan fingerprint density at radius 1 is 1.14 bits per heavy atom. The molecule has 10 heteroatoms. The lowest BCUT2D eigenvalue weighted by molar-refractivity contribution is -0.0831. The van der Waals surface area contributed by atoms with Gasteiger partial charge in [-0.25, -0.2) is 19.9 Å². The van der Waals surface area contributed by atoms with Gasteiger partial charge in [-0.15, -0.1) is 0 Å². The molecule has 1 fully saturated rings. The Labute approximate surface area is 208 Å². The number of hydrogen-bond acceptors (Lipinski definition) is 9. The van der Waals surface area contributed by atoms with Crippen LogP contribution in [0.15, 0.2) is 55.2 Å². The van der Waals surface area contributed by atoms with Crippen molar-refractivity contribution in [1.82, 2.24) is 30.2 Å². The smallest absolute Gasteiger partial charge is 0.316 e. The number of rotatable bonds is 9. The van der Waals surface area contributed by atoms with E-state index in [1.54, 1.807) is 31.7 Å². The van der Waals surface area contributed by atoms with Crippen LogP contribution in [0.25, 0.3) is 22.2 Å². The number of carbonyl (C=O) groups is 1. The van der Waals surface area contributed by atoms with E-state index in [1.165, 1.54) is 6.33 Å². The van der Waals surface area contributed by atoms with Gasteiger partial charge in [0.2, 0.25) is 0 Å². The highest BCUT2D eigenvalue weighted by atomic mass is 16.6. The molecule has 5 rings (SSSR count). The van der Waals surface area contributed by atoms with Gasteiger partial charge in [0.25, 0.3) is 5.91 Å². The fourth-order valence-corrected chi connectivity index (χ4v) is 4.05. The van der Waals surface area contributed by atoms with Gasteiger partial charge in [0.15, 0.2) is 0 Å². The zero-order chi connectivity index (χ0) is 24.9. The minimum atomic E-state index is -0.117. The van der Waals surface area contributed by atoms with E-state index >= 15 is 0 Å². The van der Waals surface area contributed by atoms with Crippen LogP contribution in [0.1, 0.15) is 35.2 Å². The van der Waals surface area contributed by atoms with Crippen LogP contribution in [0.2, 0.25) is 0 Å². The number of nitrogens with zero attached hydrogens (tertiary/aromatic N) is 5. The highest BCUT2D eigenvalue weighted by molar-refractivity contribution is 6.06. The molecule has 184 valence electrons. The average molecular weight is 486 g/mol. The Bertz CT molecular complexity index is 1360. The number of anilines is 1. The third-order valence-corrected chi connectivity index (χ3v) is 6.16. The molecule has 10 nitrogen and oxygen atoms in total. The quantitative estimate of drug-likeness (QED) is 0.368. The maximum absolute atomic E-state index is 12.3.